The van der Waals surface area contributed by atoms with Gasteiger partial charge in [-0.3, -0.25) is 4.79 Å². The molecule has 1 N–H and O–H groups in total. The number of unbranched alkanes of at least 4 members (excludes halogenated alkanes) is 1. The summed E-state index contributed by atoms with van der Waals surface area (Å²) in [5.41, 5.74) is 4.60. The summed E-state index contributed by atoms with van der Waals surface area (Å²) in [5.74, 6) is 0.966. The Morgan fingerprint density at radius 3 is 2.56 bits per heavy atom. The molecule has 41 heavy (non-hydrogen) atoms. The molecule has 0 bridgehead atoms. The monoisotopic (exact) mass is 571 g/mol. The fourth-order valence-corrected chi connectivity index (χ4v) is 5.26. The van der Waals surface area contributed by atoms with E-state index in [2.05, 4.69) is 17.2 Å². The number of carbonyl (C=O) groups is 1. The molecule has 0 aliphatic carbocycles. The summed E-state index contributed by atoms with van der Waals surface area (Å²) in [4.78, 5) is 17.4. The average Bonchev–Trinajstić information content (AvgIpc) is 3.45. The van der Waals surface area contributed by atoms with Gasteiger partial charge in [0, 0.05) is 24.9 Å². The van der Waals surface area contributed by atoms with Crippen LogP contribution in [0.3, 0.4) is 0 Å². The molecule has 8 heteroatoms. The van der Waals surface area contributed by atoms with E-state index >= 15 is 0 Å². The Balaban J connectivity index is 1.27. The normalized spacial score (nSPS) is 12.0. The summed E-state index contributed by atoms with van der Waals surface area (Å²) in [6.45, 7) is 6.84. The highest BCUT2D eigenvalue weighted by atomic mass is 32.2. The molecule has 0 aliphatic heterocycles. The fraction of sp³-hybridized carbons (Fsp3) is 0.273. The molecule has 1 heterocycles. The van der Waals surface area contributed by atoms with Crippen molar-refractivity contribution in [1.82, 2.24) is 9.55 Å². The van der Waals surface area contributed by atoms with Crippen LogP contribution >= 0.6 is 0 Å². The van der Waals surface area contributed by atoms with Gasteiger partial charge >= 0.3 is 0 Å². The first-order valence-electron chi connectivity index (χ1n) is 13.9. The number of aryl methyl sites for hydroxylation is 1. The summed E-state index contributed by atoms with van der Waals surface area (Å²) in [7, 11) is 0. The standard InChI is InChI=1S/C33H37N3O4S/c1-3-5-19-39-20-21-40-31-14-10-27(11-15-31)28-8-6-7-26(22-28)9-18-33(37)35-29-12-16-32(17-13-29)41(38)24-30-23-34-25-36(30)4-2/h6-18,22-23,25H,3-5,19-21,24H2,1-2H3,(H,35,37)/b18-9+/t41-/m0/s1. The maximum absolute atomic E-state index is 12.8. The Labute approximate surface area is 245 Å². The van der Waals surface area contributed by atoms with E-state index in [9.17, 15) is 9.35 Å². The van der Waals surface area contributed by atoms with Gasteiger partial charge in [0.1, 0.15) is 12.4 Å². The van der Waals surface area contributed by atoms with E-state index in [1.807, 2.05) is 60.0 Å². The first-order valence-corrected chi connectivity index (χ1v) is 15.2. The lowest BCUT2D eigenvalue weighted by Gasteiger charge is -2.12. The predicted molar refractivity (Wildman–Crippen MR) is 165 cm³/mol. The van der Waals surface area contributed by atoms with Crippen molar-refractivity contribution < 1.29 is 18.8 Å². The minimum atomic E-state index is -1.20. The van der Waals surface area contributed by atoms with Crippen LogP contribution in [0, 0.1) is 0 Å². The number of benzene rings is 3. The van der Waals surface area contributed by atoms with Crippen LogP contribution in [-0.4, -0.2) is 39.8 Å². The van der Waals surface area contributed by atoms with Gasteiger partial charge in [0.15, 0.2) is 10.6 Å². The van der Waals surface area contributed by atoms with E-state index in [0.29, 0.717) is 29.5 Å². The fourth-order valence-electron chi connectivity index (χ4n) is 4.15. The number of hydrogen-bond donors (Lipinski definition) is 1. The number of carbonyl (C=O) groups excluding carboxylic acids is 1. The number of anilines is 1. The highest BCUT2D eigenvalue weighted by Crippen LogP contribution is 2.24. The first-order chi connectivity index (χ1) is 20.1. The molecule has 0 saturated carbocycles. The van der Waals surface area contributed by atoms with Crippen molar-refractivity contribution in [3.63, 3.8) is 0 Å². The average molecular weight is 572 g/mol. The highest BCUT2D eigenvalue weighted by Gasteiger charge is 2.15. The molecule has 0 fully saturated rings. The molecule has 0 radical (unpaired) electrons. The Morgan fingerprint density at radius 1 is 1.00 bits per heavy atom. The van der Waals surface area contributed by atoms with Crippen LogP contribution in [0.4, 0.5) is 5.69 Å². The Hall–Kier alpha value is -3.85. The third-order valence-electron chi connectivity index (χ3n) is 6.44. The van der Waals surface area contributed by atoms with Crippen LogP contribution < -0.4 is 10.1 Å². The zero-order chi connectivity index (χ0) is 28.9. The molecule has 0 aliphatic rings. The largest absolute Gasteiger partial charge is 0.611 e. The van der Waals surface area contributed by atoms with Gasteiger partial charge in [-0.1, -0.05) is 43.7 Å². The Bertz CT molecular complexity index is 1400. The number of amides is 1. The van der Waals surface area contributed by atoms with Crippen molar-refractivity contribution in [3.05, 3.63) is 103 Å². The number of rotatable bonds is 15. The molecule has 0 saturated heterocycles. The molecule has 214 valence electrons. The van der Waals surface area contributed by atoms with Gasteiger partial charge in [-0.2, -0.15) is 0 Å². The van der Waals surface area contributed by atoms with Crippen molar-refractivity contribution in [3.8, 4) is 16.9 Å². The van der Waals surface area contributed by atoms with Crippen LogP contribution in [-0.2, 0) is 33.0 Å². The third kappa shape index (κ3) is 9.35. The summed E-state index contributed by atoms with van der Waals surface area (Å²) < 4.78 is 26.0. The number of aromatic nitrogens is 2. The van der Waals surface area contributed by atoms with Gasteiger partial charge in [-0.15, -0.1) is 0 Å². The zero-order valence-corrected chi connectivity index (χ0v) is 24.4. The summed E-state index contributed by atoms with van der Waals surface area (Å²) in [5, 5.41) is 2.86. The molecule has 0 unspecified atom stereocenters. The number of nitrogens with zero attached hydrogens (tertiary/aromatic N) is 2. The lowest BCUT2D eigenvalue weighted by atomic mass is 10.0. The highest BCUT2D eigenvalue weighted by molar-refractivity contribution is 7.90. The summed E-state index contributed by atoms with van der Waals surface area (Å²) in [6, 6.07) is 23.1. The number of imidazole rings is 1. The lowest BCUT2D eigenvalue weighted by Crippen LogP contribution is -2.10. The maximum atomic E-state index is 12.8. The van der Waals surface area contributed by atoms with Gasteiger partial charge in [-0.05, 0) is 89.8 Å². The molecular formula is C33H37N3O4S. The molecule has 0 spiro atoms. The van der Waals surface area contributed by atoms with Gasteiger partial charge in [0.25, 0.3) is 0 Å². The molecule has 7 nitrogen and oxygen atoms in total. The minimum Gasteiger partial charge on any atom is -0.611 e. The van der Waals surface area contributed by atoms with Gasteiger partial charge in [0.2, 0.25) is 5.91 Å². The number of hydrogen-bond acceptors (Lipinski definition) is 5. The SMILES string of the molecule is CCCCOCCOc1ccc(-c2cccc(/C=C/C(=O)Nc3ccc([S@@+]([O-])Cc4cncn4CC)cc3)c2)cc1. The first kappa shape index (κ1) is 30.1. The Morgan fingerprint density at radius 2 is 1.80 bits per heavy atom. The molecule has 1 aromatic heterocycles. The molecule has 4 aromatic rings. The van der Waals surface area contributed by atoms with Crippen molar-refractivity contribution in [2.24, 2.45) is 0 Å². The maximum Gasteiger partial charge on any atom is 0.248 e. The predicted octanol–water partition coefficient (Wildman–Crippen LogP) is 6.73. The zero-order valence-electron chi connectivity index (χ0n) is 23.6. The van der Waals surface area contributed by atoms with Crippen molar-refractivity contribution in [1.29, 1.82) is 0 Å². The quantitative estimate of drug-likeness (QED) is 0.0972. The molecule has 1 atom stereocenters. The second-order valence-corrected chi connectivity index (χ2v) is 10.9. The molecule has 1 amide bonds. The third-order valence-corrected chi connectivity index (χ3v) is 7.80. The molecular weight excluding hydrogens is 534 g/mol. The summed E-state index contributed by atoms with van der Waals surface area (Å²) in [6.07, 6.45) is 8.98. The van der Waals surface area contributed by atoms with E-state index in [1.165, 1.54) is 6.08 Å². The number of ether oxygens (including phenoxy) is 2. The van der Waals surface area contributed by atoms with Crippen LogP contribution in [0.5, 0.6) is 5.75 Å². The van der Waals surface area contributed by atoms with Crippen molar-refractivity contribution >= 4 is 28.8 Å². The van der Waals surface area contributed by atoms with Crippen molar-refractivity contribution in [2.75, 3.05) is 25.1 Å². The van der Waals surface area contributed by atoms with Crippen LogP contribution in [0.1, 0.15) is 37.9 Å². The topological polar surface area (TPSA) is 88.4 Å². The van der Waals surface area contributed by atoms with Gasteiger partial charge < -0.3 is 23.9 Å². The minimum absolute atomic E-state index is 0.240. The summed E-state index contributed by atoms with van der Waals surface area (Å²) >= 11 is -1.20. The van der Waals surface area contributed by atoms with Crippen LogP contribution in [0.25, 0.3) is 17.2 Å². The number of nitrogens with one attached hydrogen (secondary N) is 1. The van der Waals surface area contributed by atoms with Crippen molar-refractivity contribution in [2.45, 2.75) is 43.9 Å². The van der Waals surface area contributed by atoms with E-state index in [4.69, 9.17) is 9.47 Å². The Kier molecular flexibility index (Phi) is 11.6. The van der Waals surface area contributed by atoms with E-state index in [-0.39, 0.29) is 5.91 Å². The molecule has 4 rings (SSSR count). The van der Waals surface area contributed by atoms with E-state index in [0.717, 1.165) is 54.1 Å². The lowest BCUT2D eigenvalue weighted by molar-refractivity contribution is -0.111. The van der Waals surface area contributed by atoms with Gasteiger partial charge in [0.05, 0.1) is 24.8 Å². The van der Waals surface area contributed by atoms with Crippen LogP contribution in [0.2, 0.25) is 0 Å². The smallest absolute Gasteiger partial charge is 0.248 e. The molecule has 3 aromatic carbocycles. The second-order valence-electron chi connectivity index (χ2n) is 9.47. The van der Waals surface area contributed by atoms with Gasteiger partial charge in [-0.25, -0.2) is 4.98 Å². The van der Waals surface area contributed by atoms with E-state index < -0.39 is 11.2 Å². The van der Waals surface area contributed by atoms with E-state index in [1.54, 1.807) is 42.9 Å². The van der Waals surface area contributed by atoms with Crippen LogP contribution in [0.15, 0.2) is 96.3 Å². The second kappa shape index (κ2) is 15.8.